The molecule has 1 aliphatic carbocycles. The van der Waals surface area contributed by atoms with Crippen molar-refractivity contribution in [2.24, 2.45) is 17.6 Å². The lowest BCUT2D eigenvalue weighted by Gasteiger charge is -2.29. The van der Waals surface area contributed by atoms with E-state index >= 15 is 0 Å². The summed E-state index contributed by atoms with van der Waals surface area (Å²) in [4.78, 5) is 14.3. The van der Waals surface area contributed by atoms with Crippen molar-refractivity contribution < 1.29 is 9.18 Å². The Morgan fingerprint density at radius 2 is 2.14 bits per heavy atom. The minimum Gasteiger partial charge on any atom is -0.342 e. The van der Waals surface area contributed by atoms with Gasteiger partial charge in [-0.1, -0.05) is 18.6 Å². The van der Waals surface area contributed by atoms with Gasteiger partial charge in [-0.3, -0.25) is 4.79 Å². The zero-order valence-corrected chi connectivity index (χ0v) is 12.8. The van der Waals surface area contributed by atoms with Crippen LogP contribution < -0.4 is 5.73 Å². The number of hydrogen-bond acceptors (Lipinski definition) is 2. The predicted octanol–water partition coefficient (Wildman–Crippen LogP) is 2.38. The zero-order chi connectivity index (χ0) is 14.1. The van der Waals surface area contributed by atoms with Crippen molar-refractivity contribution in [3.05, 3.63) is 35.6 Å². The van der Waals surface area contributed by atoms with Gasteiger partial charge in [0, 0.05) is 19.1 Å². The number of halogens is 2. The maximum absolute atomic E-state index is 13.1. The maximum atomic E-state index is 13.1. The third-order valence-corrected chi connectivity index (χ3v) is 4.75. The van der Waals surface area contributed by atoms with Crippen molar-refractivity contribution in [1.29, 1.82) is 0 Å². The molecule has 1 aliphatic heterocycles. The van der Waals surface area contributed by atoms with Gasteiger partial charge >= 0.3 is 0 Å². The highest BCUT2D eigenvalue weighted by Gasteiger charge is 2.40. The summed E-state index contributed by atoms with van der Waals surface area (Å²) in [5.74, 6) is 0.833. The number of nitrogens with two attached hydrogens (primary N) is 1. The summed E-state index contributed by atoms with van der Waals surface area (Å²) >= 11 is 0. The number of benzene rings is 1. The molecule has 1 saturated heterocycles. The quantitative estimate of drug-likeness (QED) is 0.911. The van der Waals surface area contributed by atoms with Crippen LogP contribution in [0.2, 0.25) is 0 Å². The van der Waals surface area contributed by atoms with E-state index in [2.05, 4.69) is 0 Å². The minimum absolute atomic E-state index is 0. The number of fused-ring (bicyclic) bond motifs is 1. The van der Waals surface area contributed by atoms with Crippen molar-refractivity contribution in [1.82, 2.24) is 4.90 Å². The third-order valence-electron chi connectivity index (χ3n) is 4.75. The Morgan fingerprint density at radius 3 is 2.86 bits per heavy atom. The molecule has 0 aromatic heterocycles. The maximum Gasteiger partial charge on any atom is 0.227 e. The van der Waals surface area contributed by atoms with Crippen LogP contribution in [0.5, 0.6) is 0 Å². The molecule has 21 heavy (non-hydrogen) atoms. The molecule has 1 saturated carbocycles. The number of carbonyl (C=O) groups excluding carboxylic acids is 1. The number of hydrogen-bond donors (Lipinski definition) is 1. The molecule has 5 heteroatoms. The van der Waals surface area contributed by atoms with Crippen molar-refractivity contribution in [3.63, 3.8) is 0 Å². The Balaban J connectivity index is 0.00000161. The van der Waals surface area contributed by atoms with Gasteiger partial charge in [0.25, 0.3) is 0 Å². The van der Waals surface area contributed by atoms with Gasteiger partial charge in [0.2, 0.25) is 5.91 Å². The molecule has 116 valence electrons. The molecule has 3 rings (SSSR count). The Labute approximate surface area is 131 Å². The van der Waals surface area contributed by atoms with Gasteiger partial charge < -0.3 is 10.6 Å². The second kappa shape index (κ2) is 6.75. The van der Waals surface area contributed by atoms with E-state index in [1.54, 1.807) is 12.1 Å². The molecule has 1 aromatic rings. The standard InChI is InChI=1S/C16H21FN2O.ClH/c17-13-5-1-3-11(7-13)8-16(20)19-9-12-4-2-6-15(18)14(12)10-19;/h1,3,5,7,12,14-15H,2,4,6,8-10,18H2;1H. The highest BCUT2D eigenvalue weighted by atomic mass is 35.5. The van der Waals surface area contributed by atoms with E-state index in [9.17, 15) is 9.18 Å². The molecule has 3 nitrogen and oxygen atoms in total. The van der Waals surface area contributed by atoms with Crippen LogP contribution in [0.15, 0.2) is 24.3 Å². The number of rotatable bonds is 2. The molecule has 0 bridgehead atoms. The Bertz CT molecular complexity index is 511. The summed E-state index contributed by atoms with van der Waals surface area (Å²) in [6.07, 6.45) is 3.72. The average molecular weight is 313 g/mol. The molecule has 1 aromatic carbocycles. The largest absolute Gasteiger partial charge is 0.342 e. The smallest absolute Gasteiger partial charge is 0.227 e. The normalized spacial score (nSPS) is 27.9. The Kier molecular flexibility index (Phi) is 5.22. The summed E-state index contributed by atoms with van der Waals surface area (Å²) in [5, 5.41) is 0. The SMILES string of the molecule is Cl.NC1CCCC2CN(C(=O)Cc3cccc(F)c3)CC12. The highest BCUT2D eigenvalue weighted by molar-refractivity contribution is 5.85. The second-order valence-electron chi connectivity index (χ2n) is 6.12. The van der Waals surface area contributed by atoms with E-state index in [4.69, 9.17) is 5.73 Å². The van der Waals surface area contributed by atoms with Gasteiger partial charge in [0.15, 0.2) is 0 Å². The van der Waals surface area contributed by atoms with E-state index < -0.39 is 0 Å². The average Bonchev–Trinajstić information content (AvgIpc) is 2.84. The molecule has 3 unspecified atom stereocenters. The van der Waals surface area contributed by atoms with Crippen LogP contribution >= 0.6 is 12.4 Å². The first kappa shape index (κ1) is 16.2. The fourth-order valence-corrected chi connectivity index (χ4v) is 3.65. The first-order valence-electron chi connectivity index (χ1n) is 7.41. The van der Waals surface area contributed by atoms with Crippen molar-refractivity contribution >= 4 is 18.3 Å². The van der Waals surface area contributed by atoms with Gasteiger partial charge in [-0.05, 0) is 42.4 Å². The first-order valence-corrected chi connectivity index (χ1v) is 7.41. The monoisotopic (exact) mass is 312 g/mol. The van der Waals surface area contributed by atoms with Crippen LogP contribution in [0.1, 0.15) is 24.8 Å². The highest BCUT2D eigenvalue weighted by Crippen LogP contribution is 2.35. The topological polar surface area (TPSA) is 46.3 Å². The molecule has 1 heterocycles. The lowest BCUT2D eigenvalue weighted by atomic mass is 9.78. The molecule has 2 N–H and O–H groups in total. The summed E-state index contributed by atoms with van der Waals surface area (Å²) in [6.45, 7) is 1.60. The lowest BCUT2D eigenvalue weighted by Crippen LogP contribution is -2.38. The van der Waals surface area contributed by atoms with E-state index in [0.717, 1.165) is 25.1 Å². The molecular formula is C16H22ClFN2O. The summed E-state index contributed by atoms with van der Waals surface area (Å²) in [7, 11) is 0. The van der Waals surface area contributed by atoms with Crippen LogP contribution in [0.25, 0.3) is 0 Å². The number of nitrogens with zero attached hydrogens (tertiary/aromatic N) is 1. The van der Waals surface area contributed by atoms with E-state index in [1.165, 1.54) is 25.0 Å². The zero-order valence-electron chi connectivity index (χ0n) is 12.0. The second-order valence-corrected chi connectivity index (χ2v) is 6.12. The Morgan fingerprint density at radius 1 is 1.33 bits per heavy atom. The van der Waals surface area contributed by atoms with Gasteiger partial charge in [0.05, 0.1) is 6.42 Å². The fraction of sp³-hybridized carbons (Fsp3) is 0.562. The van der Waals surface area contributed by atoms with Crippen LogP contribution in [0.3, 0.4) is 0 Å². The van der Waals surface area contributed by atoms with Crippen LogP contribution in [-0.4, -0.2) is 29.9 Å². The number of amides is 1. The van der Waals surface area contributed by atoms with Gasteiger partial charge in [-0.15, -0.1) is 12.4 Å². The number of carbonyl (C=O) groups is 1. The molecule has 3 atom stereocenters. The van der Waals surface area contributed by atoms with Gasteiger partial charge in [-0.25, -0.2) is 4.39 Å². The molecule has 0 spiro atoms. The minimum atomic E-state index is -0.285. The van der Waals surface area contributed by atoms with Crippen LogP contribution in [0, 0.1) is 17.7 Å². The van der Waals surface area contributed by atoms with Crippen molar-refractivity contribution in [2.45, 2.75) is 31.7 Å². The predicted molar refractivity (Wildman–Crippen MR) is 82.7 cm³/mol. The van der Waals surface area contributed by atoms with Crippen LogP contribution in [-0.2, 0) is 11.2 Å². The molecule has 2 aliphatic rings. The van der Waals surface area contributed by atoms with Crippen molar-refractivity contribution in [2.75, 3.05) is 13.1 Å². The fourth-order valence-electron chi connectivity index (χ4n) is 3.65. The van der Waals surface area contributed by atoms with Crippen LogP contribution in [0.4, 0.5) is 4.39 Å². The molecule has 1 amide bonds. The first-order chi connectivity index (χ1) is 9.63. The third kappa shape index (κ3) is 3.55. The molecular weight excluding hydrogens is 291 g/mol. The van der Waals surface area contributed by atoms with Gasteiger partial charge in [-0.2, -0.15) is 0 Å². The lowest BCUT2D eigenvalue weighted by molar-refractivity contribution is -0.129. The van der Waals surface area contributed by atoms with E-state index in [-0.39, 0.29) is 36.6 Å². The molecule has 2 fully saturated rings. The summed E-state index contributed by atoms with van der Waals surface area (Å²) in [5.41, 5.74) is 6.91. The summed E-state index contributed by atoms with van der Waals surface area (Å²) in [6, 6.07) is 6.53. The van der Waals surface area contributed by atoms with E-state index in [0.29, 0.717) is 11.8 Å². The van der Waals surface area contributed by atoms with E-state index in [1.807, 2.05) is 4.90 Å². The van der Waals surface area contributed by atoms with Gasteiger partial charge in [0.1, 0.15) is 5.82 Å². The number of likely N-dealkylation sites (tertiary alicyclic amines) is 1. The Hall–Kier alpha value is -1.13. The molecule has 0 radical (unpaired) electrons. The van der Waals surface area contributed by atoms with Crippen molar-refractivity contribution in [3.8, 4) is 0 Å². The summed E-state index contributed by atoms with van der Waals surface area (Å²) < 4.78 is 13.1.